The molecule has 2 nitrogen and oxygen atoms in total. The number of fused-ring (bicyclic) bond motifs is 1. The van der Waals surface area contributed by atoms with Gasteiger partial charge in [-0.05, 0) is 11.8 Å². The molecule has 2 heteroatoms. The number of Topliss-reactive ketones (excluding diaryl/α,β-unsaturated/α-hetero) is 1. The summed E-state index contributed by atoms with van der Waals surface area (Å²) in [6, 6.07) is 0. The molecule has 0 aromatic rings. The number of ether oxygens (including phenoxy) is 1. The Bertz CT molecular complexity index is 184. The first-order valence-corrected chi connectivity index (χ1v) is 3.79. The van der Waals surface area contributed by atoms with E-state index in [9.17, 15) is 4.79 Å². The van der Waals surface area contributed by atoms with Gasteiger partial charge in [0, 0.05) is 6.42 Å². The summed E-state index contributed by atoms with van der Waals surface area (Å²) in [7, 11) is 0. The van der Waals surface area contributed by atoms with Crippen LogP contribution >= 0.6 is 0 Å². The van der Waals surface area contributed by atoms with E-state index >= 15 is 0 Å². The maximum absolute atomic E-state index is 11.0. The van der Waals surface area contributed by atoms with Crippen molar-refractivity contribution in [3.63, 3.8) is 0 Å². The Morgan fingerprint density at radius 3 is 2.90 bits per heavy atom. The van der Waals surface area contributed by atoms with E-state index in [0.717, 1.165) is 6.42 Å². The smallest absolute Gasteiger partial charge is 0.164 e. The molecule has 2 aliphatic rings. The molecule has 0 unspecified atom stereocenters. The van der Waals surface area contributed by atoms with Gasteiger partial charge >= 0.3 is 0 Å². The minimum atomic E-state index is -0.0243. The first kappa shape index (κ1) is 6.35. The highest BCUT2D eigenvalue weighted by Crippen LogP contribution is 2.46. The molecular weight excluding hydrogens is 128 g/mol. The Hall–Kier alpha value is -0.370. The SMILES string of the molecule is CC1(C)CCC(=O)[C@H]2O[C@H]21. The van der Waals surface area contributed by atoms with Gasteiger partial charge in [-0.25, -0.2) is 0 Å². The van der Waals surface area contributed by atoms with Crippen molar-refractivity contribution in [1.29, 1.82) is 0 Å². The molecular formula is C8H12O2. The van der Waals surface area contributed by atoms with Crippen LogP contribution in [0.4, 0.5) is 0 Å². The van der Waals surface area contributed by atoms with Crippen molar-refractivity contribution in [3.05, 3.63) is 0 Å². The second-order valence-electron chi connectivity index (χ2n) is 3.93. The Balaban J connectivity index is 2.16. The molecule has 0 aromatic heterocycles. The largest absolute Gasteiger partial charge is 0.361 e. The highest BCUT2D eigenvalue weighted by molar-refractivity contribution is 5.87. The molecule has 56 valence electrons. The summed E-state index contributed by atoms with van der Waals surface area (Å²) in [6.07, 6.45) is 1.93. The second kappa shape index (κ2) is 1.62. The summed E-state index contributed by atoms with van der Waals surface area (Å²) >= 11 is 0. The summed E-state index contributed by atoms with van der Waals surface area (Å²) in [5, 5.41) is 0. The minimum Gasteiger partial charge on any atom is -0.361 e. The van der Waals surface area contributed by atoms with Gasteiger partial charge in [0.15, 0.2) is 5.78 Å². The fourth-order valence-corrected chi connectivity index (χ4v) is 1.68. The fraction of sp³-hybridized carbons (Fsp3) is 0.875. The Morgan fingerprint density at radius 1 is 1.60 bits per heavy atom. The molecule has 10 heavy (non-hydrogen) atoms. The first-order valence-electron chi connectivity index (χ1n) is 3.79. The van der Waals surface area contributed by atoms with Crippen LogP contribution in [0.1, 0.15) is 26.7 Å². The number of ketones is 1. The molecule has 0 N–H and O–H groups in total. The molecule has 2 atom stereocenters. The van der Waals surface area contributed by atoms with Gasteiger partial charge in [0.2, 0.25) is 0 Å². The van der Waals surface area contributed by atoms with Crippen molar-refractivity contribution in [3.8, 4) is 0 Å². The molecule has 1 aliphatic carbocycles. The van der Waals surface area contributed by atoms with Crippen molar-refractivity contribution in [2.75, 3.05) is 0 Å². The topological polar surface area (TPSA) is 29.6 Å². The van der Waals surface area contributed by atoms with Gasteiger partial charge in [0.1, 0.15) is 6.10 Å². The van der Waals surface area contributed by atoms with E-state index in [1.807, 2.05) is 0 Å². The zero-order valence-corrected chi connectivity index (χ0v) is 6.39. The van der Waals surface area contributed by atoms with Crippen LogP contribution in [0.2, 0.25) is 0 Å². The van der Waals surface area contributed by atoms with Crippen LogP contribution < -0.4 is 0 Å². The lowest BCUT2D eigenvalue weighted by Gasteiger charge is -2.24. The standard InChI is InChI=1S/C8H12O2/c1-8(2)4-3-5(9)6-7(8)10-6/h6-7H,3-4H2,1-2H3/t6-,7-/m1/s1. The monoisotopic (exact) mass is 140 g/mol. The van der Waals surface area contributed by atoms with Gasteiger partial charge in [-0.3, -0.25) is 4.79 Å². The van der Waals surface area contributed by atoms with Crippen LogP contribution in [0.3, 0.4) is 0 Å². The molecule has 1 aliphatic heterocycles. The third-order valence-electron chi connectivity index (χ3n) is 2.59. The van der Waals surface area contributed by atoms with Crippen LogP contribution in [0.5, 0.6) is 0 Å². The second-order valence-corrected chi connectivity index (χ2v) is 3.93. The summed E-state index contributed by atoms with van der Waals surface area (Å²) in [6.45, 7) is 4.34. The molecule has 2 rings (SSSR count). The van der Waals surface area contributed by atoms with Crippen LogP contribution in [0.15, 0.2) is 0 Å². The summed E-state index contributed by atoms with van der Waals surface area (Å²) in [4.78, 5) is 11.0. The predicted octanol–water partition coefficient (Wildman–Crippen LogP) is 1.14. The Kier molecular flexibility index (Phi) is 1.03. The Morgan fingerprint density at radius 2 is 2.30 bits per heavy atom. The summed E-state index contributed by atoms with van der Waals surface area (Å²) < 4.78 is 5.26. The van der Waals surface area contributed by atoms with E-state index in [-0.39, 0.29) is 17.6 Å². The lowest BCUT2D eigenvalue weighted by molar-refractivity contribution is -0.121. The fourth-order valence-electron chi connectivity index (χ4n) is 1.68. The van der Waals surface area contributed by atoms with Gasteiger partial charge in [-0.15, -0.1) is 0 Å². The van der Waals surface area contributed by atoms with Crippen LogP contribution in [-0.2, 0) is 9.53 Å². The van der Waals surface area contributed by atoms with E-state index in [4.69, 9.17) is 4.74 Å². The number of hydrogen-bond donors (Lipinski definition) is 0. The normalized spacial score (nSPS) is 42.8. The van der Waals surface area contributed by atoms with Crippen molar-refractivity contribution >= 4 is 5.78 Å². The quantitative estimate of drug-likeness (QED) is 0.472. The van der Waals surface area contributed by atoms with Crippen molar-refractivity contribution in [1.82, 2.24) is 0 Å². The third kappa shape index (κ3) is 0.717. The molecule has 0 aromatic carbocycles. The van der Waals surface area contributed by atoms with Crippen LogP contribution in [-0.4, -0.2) is 18.0 Å². The van der Waals surface area contributed by atoms with E-state index in [2.05, 4.69) is 13.8 Å². The van der Waals surface area contributed by atoms with E-state index in [1.54, 1.807) is 0 Å². The van der Waals surface area contributed by atoms with Gasteiger partial charge in [0.05, 0.1) is 6.10 Å². The maximum Gasteiger partial charge on any atom is 0.164 e. The number of rotatable bonds is 0. The third-order valence-corrected chi connectivity index (χ3v) is 2.59. The molecule has 0 bridgehead atoms. The number of epoxide rings is 1. The zero-order valence-electron chi connectivity index (χ0n) is 6.39. The number of hydrogen-bond acceptors (Lipinski definition) is 2. The molecule has 1 saturated carbocycles. The lowest BCUT2D eigenvalue weighted by atomic mass is 9.77. The Labute approximate surface area is 60.6 Å². The van der Waals surface area contributed by atoms with Crippen molar-refractivity contribution in [2.24, 2.45) is 5.41 Å². The predicted molar refractivity (Wildman–Crippen MR) is 36.7 cm³/mol. The molecule has 2 fully saturated rings. The average molecular weight is 140 g/mol. The molecule has 0 spiro atoms. The van der Waals surface area contributed by atoms with Gasteiger partial charge < -0.3 is 4.74 Å². The first-order chi connectivity index (χ1) is 4.61. The van der Waals surface area contributed by atoms with E-state index in [0.29, 0.717) is 12.2 Å². The van der Waals surface area contributed by atoms with E-state index < -0.39 is 0 Å². The molecule has 0 amide bonds. The molecule has 1 heterocycles. The zero-order chi connectivity index (χ0) is 7.35. The maximum atomic E-state index is 11.0. The van der Waals surface area contributed by atoms with Gasteiger partial charge in [-0.1, -0.05) is 13.8 Å². The van der Waals surface area contributed by atoms with Gasteiger partial charge in [-0.2, -0.15) is 0 Å². The van der Waals surface area contributed by atoms with Crippen molar-refractivity contribution in [2.45, 2.75) is 38.9 Å². The van der Waals surface area contributed by atoms with Crippen molar-refractivity contribution < 1.29 is 9.53 Å². The molecule has 1 saturated heterocycles. The van der Waals surface area contributed by atoms with E-state index in [1.165, 1.54) is 0 Å². The van der Waals surface area contributed by atoms with Gasteiger partial charge in [0.25, 0.3) is 0 Å². The highest BCUT2D eigenvalue weighted by Gasteiger charge is 2.56. The van der Waals surface area contributed by atoms with Crippen LogP contribution in [0, 0.1) is 5.41 Å². The highest BCUT2D eigenvalue weighted by atomic mass is 16.6. The average Bonchev–Trinajstić information content (AvgIpc) is 2.58. The summed E-state index contributed by atoms with van der Waals surface area (Å²) in [5.41, 5.74) is 0.249. The minimum absolute atomic E-state index is 0.0243. The lowest BCUT2D eigenvalue weighted by Crippen LogP contribution is -2.30. The van der Waals surface area contributed by atoms with Crippen LogP contribution in [0.25, 0.3) is 0 Å². The number of carbonyl (C=O) groups is 1. The summed E-state index contributed by atoms with van der Waals surface area (Å²) in [5.74, 6) is 0.310. The number of carbonyl (C=O) groups excluding carboxylic acids is 1. The molecule has 0 radical (unpaired) electrons.